The average molecular weight is 514 g/mol. The number of nitrogens with one attached hydrogen (secondary N) is 1. The first-order valence-corrected chi connectivity index (χ1v) is 11.1. The Bertz CT molecular complexity index is 1150. The fraction of sp³-hybridized carbons (Fsp3) is 0.240. The van der Waals surface area contributed by atoms with Crippen molar-refractivity contribution in [3.63, 3.8) is 0 Å². The van der Waals surface area contributed by atoms with Crippen molar-refractivity contribution < 1.29 is 36.2 Å². The molecule has 3 rings (SSSR count). The third-order valence-corrected chi connectivity index (χ3v) is 5.23. The minimum atomic E-state index is -4.79. The zero-order valence-electron chi connectivity index (χ0n) is 18.5. The van der Waals surface area contributed by atoms with Gasteiger partial charge < -0.3 is 14.8 Å². The summed E-state index contributed by atoms with van der Waals surface area (Å²) in [7, 11) is 0. The first-order valence-electron chi connectivity index (χ1n) is 10.6. The van der Waals surface area contributed by atoms with Gasteiger partial charge in [-0.1, -0.05) is 37.3 Å². The number of halogens is 6. The van der Waals surface area contributed by atoms with Crippen molar-refractivity contribution in [2.75, 3.05) is 12.5 Å². The van der Waals surface area contributed by atoms with Gasteiger partial charge in [0, 0.05) is 11.4 Å². The molecule has 0 spiro atoms. The van der Waals surface area contributed by atoms with Crippen molar-refractivity contribution in [2.24, 2.45) is 0 Å². The third-order valence-electron chi connectivity index (χ3n) is 4.92. The molecule has 0 fully saturated rings. The average Bonchev–Trinajstić information content (AvgIpc) is 2.80. The van der Waals surface area contributed by atoms with Crippen LogP contribution in [-0.4, -0.2) is 24.8 Å². The summed E-state index contributed by atoms with van der Waals surface area (Å²) in [5, 5.41) is 2.53. The molecule has 0 radical (unpaired) electrons. The van der Waals surface area contributed by atoms with Crippen LogP contribution in [0, 0.1) is 11.6 Å². The van der Waals surface area contributed by atoms with Crippen molar-refractivity contribution in [2.45, 2.75) is 25.7 Å². The second-order valence-electron chi connectivity index (χ2n) is 7.45. The van der Waals surface area contributed by atoms with E-state index >= 15 is 0 Å². The molecule has 1 atom stereocenters. The van der Waals surface area contributed by atoms with Gasteiger partial charge in [0.25, 0.3) is 5.91 Å². The smallest absolute Gasteiger partial charge is 0.493 e. The maximum atomic E-state index is 14.0. The molecule has 0 aliphatic rings. The van der Waals surface area contributed by atoms with Gasteiger partial charge in [0.1, 0.15) is 28.7 Å². The summed E-state index contributed by atoms with van der Waals surface area (Å²) in [6, 6.07) is 12.5. The molecule has 0 aliphatic heterocycles. The van der Waals surface area contributed by atoms with E-state index in [1.807, 2.05) is 6.92 Å². The summed E-state index contributed by atoms with van der Waals surface area (Å²) in [6.07, 6.45) is -4.12. The van der Waals surface area contributed by atoms with Gasteiger partial charge in [0.05, 0.1) is 12.6 Å². The Morgan fingerprint density at radius 1 is 1.00 bits per heavy atom. The lowest BCUT2D eigenvalue weighted by Crippen LogP contribution is -2.31. The first-order chi connectivity index (χ1) is 16.6. The number of amides is 1. The SMILES string of the molecule is CCCOc1cc(-c2ccc(OC(F)(F)F)cc2)ccc1C(CCl)NC(=O)c1c(F)cccc1F. The molecule has 35 heavy (non-hydrogen) atoms. The lowest BCUT2D eigenvalue weighted by Gasteiger charge is -2.21. The predicted octanol–water partition coefficient (Wildman–Crippen LogP) is 7.03. The number of benzene rings is 3. The third kappa shape index (κ3) is 6.85. The van der Waals surface area contributed by atoms with Crippen LogP contribution in [-0.2, 0) is 0 Å². The minimum absolute atomic E-state index is 0.118. The molecule has 0 saturated heterocycles. The van der Waals surface area contributed by atoms with Crippen molar-refractivity contribution in [1.82, 2.24) is 5.32 Å². The molecule has 3 aromatic rings. The lowest BCUT2D eigenvalue weighted by atomic mass is 9.99. The van der Waals surface area contributed by atoms with Gasteiger partial charge >= 0.3 is 6.36 Å². The molecule has 0 aromatic heterocycles. The first kappa shape index (κ1) is 26.3. The van der Waals surface area contributed by atoms with Crippen LogP contribution >= 0.6 is 11.6 Å². The van der Waals surface area contributed by atoms with Gasteiger partial charge in [0.15, 0.2) is 0 Å². The van der Waals surface area contributed by atoms with Crippen LogP contribution in [0.4, 0.5) is 22.0 Å². The summed E-state index contributed by atoms with van der Waals surface area (Å²) in [4.78, 5) is 12.6. The van der Waals surface area contributed by atoms with Crippen LogP contribution in [0.3, 0.4) is 0 Å². The molecule has 10 heteroatoms. The highest BCUT2D eigenvalue weighted by Crippen LogP contribution is 2.33. The largest absolute Gasteiger partial charge is 0.573 e. The molecule has 0 saturated carbocycles. The lowest BCUT2D eigenvalue weighted by molar-refractivity contribution is -0.274. The van der Waals surface area contributed by atoms with Crippen LogP contribution in [0.25, 0.3) is 11.1 Å². The molecule has 1 amide bonds. The second-order valence-corrected chi connectivity index (χ2v) is 7.76. The topological polar surface area (TPSA) is 47.6 Å². The Hall–Kier alpha value is -3.33. The Kier molecular flexibility index (Phi) is 8.56. The molecule has 186 valence electrons. The molecule has 0 bridgehead atoms. The maximum Gasteiger partial charge on any atom is 0.573 e. The van der Waals surface area contributed by atoms with E-state index in [1.165, 1.54) is 24.3 Å². The summed E-state index contributed by atoms with van der Waals surface area (Å²) in [5.74, 6) is -3.10. The van der Waals surface area contributed by atoms with Gasteiger partial charge in [-0.25, -0.2) is 8.78 Å². The fourth-order valence-electron chi connectivity index (χ4n) is 3.33. The van der Waals surface area contributed by atoms with E-state index in [1.54, 1.807) is 18.2 Å². The Morgan fingerprint density at radius 2 is 1.63 bits per heavy atom. The molecule has 0 heterocycles. The highest BCUT2D eigenvalue weighted by atomic mass is 35.5. The quantitative estimate of drug-likeness (QED) is 0.247. The zero-order chi connectivity index (χ0) is 25.6. The number of rotatable bonds is 9. The number of carbonyl (C=O) groups is 1. The summed E-state index contributed by atoms with van der Waals surface area (Å²) < 4.78 is 75.0. The van der Waals surface area contributed by atoms with Gasteiger partial charge in [-0.2, -0.15) is 0 Å². The number of carbonyl (C=O) groups excluding carboxylic acids is 1. The minimum Gasteiger partial charge on any atom is -0.493 e. The van der Waals surface area contributed by atoms with Crippen molar-refractivity contribution >= 4 is 17.5 Å². The number of alkyl halides is 4. The summed E-state index contributed by atoms with van der Waals surface area (Å²) in [5.41, 5.74) is 0.960. The molecule has 0 aliphatic carbocycles. The maximum absolute atomic E-state index is 14.0. The summed E-state index contributed by atoms with van der Waals surface area (Å²) in [6.45, 7) is 2.23. The summed E-state index contributed by atoms with van der Waals surface area (Å²) >= 11 is 6.08. The highest BCUT2D eigenvalue weighted by Gasteiger charge is 2.31. The predicted molar refractivity (Wildman–Crippen MR) is 122 cm³/mol. The van der Waals surface area contributed by atoms with E-state index in [2.05, 4.69) is 10.1 Å². The Balaban J connectivity index is 1.90. The number of ether oxygens (including phenoxy) is 2. The zero-order valence-corrected chi connectivity index (χ0v) is 19.2. The molecular weight excluding hydrogens is 493 g/mol. The van der Waals surface area contributed by atoms with E-state index < -0.39 is 35.5 Å². The Morgan fingerprint density at radius 3 is 2.20 bits per heavy atom. The molecule has 1 N–H and O–H groups in total. The van der Waals surface area contributed by atoms with Gasteiger partial charge in [-0.05, 0) is 47.9 Å². The van der Waals surface area contributed by atoms with Gasteiger partial charge in [-0.3, -0.25) is 4.79 Å². The fourth-order valence-corrected chi connectivity index (χ4v) is 3.58. The van der Waals surface area contributed by atoms with E-state index in [0.717, 1.165) is 18.2 Å². The molecular formula is C25H21ClF5NO3. The van der Waals surface area contributed by atoms with Crippen LogP contribution in [0.2, 0.25) is 0 Å². The van der Waals surface area contributed by atoms with Crippen LogP contribution in [0.5, 0.6) is 11.5 Å². The van der Waals surface area contributed by atoms with E-state index in [0.29, 0.717) is 35.5 Å². The standard InChI is InChI=1S/C25H21ClF5NO3/c1-2-12-34-22-13-16(15-6-9-17(10-7-15)35-25(29,30)31)8-11-18(22)21(14-26)32-24(33)23-19(27)4-3-5-20(23)28/h3-11,13,21H,2,12,14H2,1H3,(H,32,33). The van der Waals surface area contributed by atoms with Gasteiger partial charge in [0.2, 0.25) is 0 Å². The normalized spacial score (nSPS) is 12.2. The molecule has 3 aromatic carbocycles. The molecule has 1 unspecified atom stereocenters. The highest BCUT2D eigenvalue weighted by molar-refractivity contribution is 6.18. The molecule has 4 nitrogen and oxygen atoms in total. The van der Waals surface area contributed by atoms with Crippen LogP contribution in [0.15, 0.2) is 60.7 Å². The monoisotopic (exact) mass is 513 g/mol. The second kappa shape index (κ2) is 11.4. The van der Waals surface area contributed by atoms with Crippen molar-refractivity contribution in [1.29, 1.82) is 0 Å². The van der Waals surface area contributed by atoms with Gasteiger partial charge in [-0.15, -0.1) is 24.8 Å². The van der Waals surface area contributed by atoms with Crippen LogP contribution in [0.1, 0.15) is 35.3 Å². The number of hydrogen-bond donors (Lipinski definition) is 1. The Labute approximate surface area is 203 Å². The van der Waals surface area contributed by atoms with E-state index in [4.69, 9.17) is 16.3 Å². The van der Waals surface area contributed by atoms with E-state index in [-0.39, 0.29) is 11.6 Å². The number of hydrogen-bond acceptors (Lipinski definition) is 3. The van der Waals surface area contributed by atoms with E-state index in [9.17, 15) is 26.7 Å². The van der Waals surface area contributed by atoms with Crippen molar-refractivity contribution in [3.05, 3.63) is 83.4 Å². The van der Waals surface area contributed by atoms with Crippen molar-refractivity contribution in [3.8, 4) is 22.6 Å². The van der Waals surface area contributed by atoms with Crippen LogP contribution < -0.4 is 14.8 Å².